The zero-order chi connectivity index (χ0) is 20.0. The highest BCUT2D eigenvalue weighted by atomic mass is 32.1. The van der Waals surface area contributed by atoms with Crippen LogP contribution in [0.3, 0.4) is 0 Å². The Morgan fingerprint density at radius 2 is 2.14 bits per heavy atom. The third kappa shape index (κ3) is 3.13. The average Bonchev–Trinajstić information content (AvgIpc) is 3.16. The number of thiophene rings is 1. The van der Waals surface area contributed by atoms with Crippen LogP contribution in [0, 0.1) is 19.8 Å². The van der Waals surface area contributed by atoms with E-state index >= 15 is 0 Å². The third-order valence-corrected chi connectivity index (χ3v) is 7.08. The topological polar surface area (TPSA) is 56.9 Å². The first-order valence-corrected chi connectivity index (χ1v) is 10.9. The normalized spacial score (nSPS) is 16.5. The second kappa shape index (κ2) is 7.32. The Bertz CT molecular complexity index is 1120. The second-order valence-electron chi connectivity index (χ2n) is 8.07. The van der Waals surface area contributed by atoms with E-state index in [1.165, 1.54) is 15.0 Å². The summed E-state index contributed by atoms with van der Waals surface area (Å²) in [7, 11) is 0. The van der Waals surface area contributed by atoms with E-state index in [0.717, 1.165) is 53.8 Å². The molecular weight excluding hydrogens is 370 g/mol. The summed E-state index contributed by atoms with van der Waals surface area (Å²) in [5.41, 5.74) is 3.86. The minimum atomic E-state index is -0.0761. The van der Waals surface area contributed by atoms with Crippen molar-refractivity contribution in [3.05, 3.63) is 50.1 Å². The van der Waals surface area contributed by atoms with Crippen molar-refractivity contribution in [2.75, 3.05) is 0 Å². The zero-order valence-corrected chi connectivity index (χ0v) is 17.9. The van der Waals surface area contributed by atoms with Gasteiger partial charge in [-0.3, -0.25) is 14.2 Å². The lowest BCUT2D eigenvalue weighted by Crippen LogP contribution is -2.25. The monoisotopic (exact) mass is 397 g/mol. The Hall–Kier alpha value is -2.21. The van der Waals surface area contributed by atoms with Gasteiger partial charge >= 0.3 is 0 Å². The van der Waals surface area contributed by atoms with Crippen LogP contribution >= 0.6 is 11.3 Å². The molecule has 1 aliphatic rings. The average molecular weight is 398 g/mol. The molecule has 1 aliphatic carbocycles. The number of hydrogen-bond acceptors (Lipinski definition) is 4. The molecule has 0 saturated heterocycles. The minimum Gasteiger partial charge on any atom is -0.348 e. The number of carbonyl (C=O) groups excluding carboxylic acids is 1. The van der Waals surface area contributed by atoms with E-state index in [4.69, 9.17) is 0 Å². The maximum Gasteiger partial charge on any atom is 0.262 e. The van der Waals surface area contributed by atoms with E-state index < -0.39 is 0 Å². The van der Waals surface area contributed by atoms with Crippen LogP contribution in [0.15, 0.2) is 17.2 Å². The molecule has 3 heterocycles. The fourth-order valence-corrected chi connectivity index (χ4v) is 5.71. The van der Waals surface area contributed by atoms with Crippen molar-refractivity contribution in [3.63, 3.8) is 0 Å². The molecule has 6 heteroatoms. The molecule has 0 radical (unpaired) electrons. The molecule has 0 spiro atoms. The van der Waals surface area contributed by atoms with E-state index in [-0.39, 0.29) is 17.9 Å². The lowest BCUT2D eigenvalue weighted by atomic mass is 9.89. The molecular formula is C22H27N3O2S. The predicted molar refractivity (Wildman–Crippen MR) is 114 cm³/mol. The van der Waals surface area contributed by atoms with Gasteiger partial charge in [-0.1, -0.05) is 13.8 Å². The quantitative estimate of drug-likeness (QED) is 0.603. The number of rotatable bonds is 5. The molecule has 4 rings (SSSR count). The molecule has 0 fully saturated rings. The van der Waals surface area contributed by atoms with Gasteiger partial charge in [0.15, 0.2) is 5.78 Å². The molecule has 0 saturated carbocycles. The van der Waals surface area contributed by atoms with Crippen molar-refractivity contribution in [3.8, 4) is 0 Å². The number of hydrogen-bond donors (Lipinski definition) is 0. The summed E-state index contributed by atoms with van der Waals surface area (Å²) < 4.78 is 3.66. The molecule has 28 heavy (non-hydrogen) atoms. The number of aryl methyl sites for hydroxylation is 2. The first-order chi connectivity index (χ1) is 13.4. The van der Waals surface area contributed by atoms with Crippen molar-refractivity contribution < 1.29 is 4.79 Å². The van der Waals surface area contributed by atoms with Crippen LogP contribution in [0.4, 0.5) is 0 Å². The molecule has 0 unspecified atom stereocenters. The zero-order valence-electron chi connectivity index (χ0n) is 17.0. The fraction of sp³-hybridized carbons (Fsp3) is 0.500. The van der Waals surface area contributed by atoms with E-state index in [2.05, 4.69) is 23.4 Å². The maximum atomic E-state index is 13.1. The third-order valence-electron chi connectivity index (χ3n) is 5.92. The van der Waals surface area contributed by atoms with E-state index in [9.17, 15) is 9.59 Å². The van der Waals surface area contributed by atoms with Crippen LogP contribution in [-0.2, 0) is 25.9 Å². The molecule has 5 nitrogen and oxygen atoms in total. The minimum absolute atomic E-state index is 0.0311. The Labute approximate surface area is 169 Å². The standard InChI is InChI=1S/C22H27N3O2S/c1-5-8-25-14(3)10-17(15(25)4)18(26)11-24-12-23-21-20(22(24)27)16-7-6-13(2)9-19(16)28-21/h10,12-13H,5-9,11H2,1-4H3/t13-/m0/s1. The lowest BCUT2D eigenvalue weighted by Gasteiger charge is -2.17. The summed E-state index contributed by atoms with van der Waals surface area (Å²) in [6.07, 6.45) is 5.63. The van der Waals surface area contributed by atoms with Gasteiger partial charge in [0.05, 0.1) is 18.3 Å². The highest BCUT2D eigenvalue weighted by Gasteiger charge is 2.24. The molecule has 0 aromatic carbocycles. The highest BCUT2D eigenvalue weighted by molar-refractivity contribution is 7.18. The molecule has 0 N–H and O–H groups in total. The predicted octanol–water partition coefficient (Wildman–Crippen LogP) is 4.29. The number of fused-ring (bicyclic) bond motifs is 3. The first kappa shape index (κ1) is 19.1. The molecule has 3 aromatic rings. The van der Waals surface area contributed by atoms with Crippen molar-refractivity contribution in [1.82, 2.24) is 14.1 Å². The van der Waals surface area contributed by atoms with Gasteiger partial charge in [-0.15, -0.1) is 11.3 Å². The van der Waals surface area contributed by atoms with E-state index in [1.807, 2.05) is 19.9 Å². The summed E-state index contributed by atoms with van der Waals surface area (Å²) >= 11 is 1.64. The molecule has 3 aromatic heterocycles. The van der Waals surface area contributed by atoms with Gasteiger partial charge < -0.3 is 4.57 Å². The van der Waals surface area contributed by atoms with Gasteiger partial charge in [-0.25, -0.2) is 4.98 Å². The van der Waals surface area contributed by atoms with Crippen LogP contribution in [0.2, 0.25) is 0 Å². The van der Waals surface area contributed by atoms with E-state index in [1.54, 1.807) is 17.7 Å². The van der Waals surface area contributed by atoms with Crippen LogP contribution < -0.4 is 5.56 Å². The van der Waals surface area contributed by atoms with Gasteiger partial charge in [0.2, 0.25) is 0 Å². The maximum absolute atomic E-state index is 13.1. The van der Waals surface area contributed by atoms with Gasteiger partial charge in [0.25, 0.3) is 5.56 Å². The molecule has 1 atom stereocenters. The van der Waals surface area contributed by atoms with Crippen LogP contribution in [0.1, 0.15) is 58.9 Å². The Balaban J connectivity index is 1.69. The van der Waals surface area contributed by atoms with Crippen molar-refractivity contribution >= 4 is 27.3 Å². The molecule has 148 valence electrons. The number of aromatic nitrogens is 3. The Morgan fingerprint density at radius 3 is 2.89 bits per heavy atom. The van der Waals surface area contributed by atoms with E-state index in [0.29, 0.717) is 11.5 Å². The summed E-state index contributed by atoms with van der Waals surface area (Å²) in [5, 5.41) is 0.735. The number of Topliss-reactive ketones (excluding diaryl/α,β-unsaturated/α-hetero) is 1. The fourth-order valence-electron chi connectivity index (χ4n) is 4.37. The summed E-state index contributed by atoms with van der Waals surface area (Å²) in [4.78, 5) is 32.7. The van der Waals surface area contributed by atoms with Crippen molar-refractivity contribution in [1.29, 1.82) is 0 Å². The molecule has 0 amide bonds. The highest BCUT2D eigenvalue weighted by Crippen LogP contribution is 2.35. The summed E-state index contributed by atoms with van der Waals surface area (Å²) in [5.74, 6) is 0.624. The van der Waals surface area contributed by atoms with Crippen molar-refractivity contribution in [2.45, 2.75) is 66.5 Å². The van der Waals surface area contributed by atoms with Crippen LogP contribution in [0.5, 0.6) is 0 Å². The number of carbonyl (C=O) groups is 1. The Kier molecular flexibility index (Phi) is 5.00. The first-order valence-electron chi connectivity index (χ1n) is 10.1. The lowest BCUT2D eigenvalue weighted by molar-refractivity contribution is 0.0970. The number of nitrogens with zero attached hydrogens (tertiary/aromatic N) is 3. The SMILES string of the molecule is CCCn1c(C)cc(C(=O)Cn2cnc3sc4c(c3c2=O)CC[C@H](C)C4)c1C. The van der Waals surface area contributed by atoms with Gasteiger partial charge in [0.1, 0.15) is 4.83 Å². The molecule has 0 aliphatic heterocycles. The smallest absolute Gasteiger partial charge is 0.262 e. The summed E-state index contributed by atoms with van der Waals surface area (Å²) in [6.45, 7) is 9.33. The largest absolute Gasteiger partial charge is 0.348 e. The Morgan fingerprint density at radius 1 is 1.36 bits per heavy atom. The van der Waals surface area contributed by atoms with Crippen LogP contribution in [0.25, 0.3) is 10.2 Å². The summed E-state index contributed by atoms with van der Waals surface area (Å²) in [6, 6.07) is 1.94. The molecule has 0 bridgehead atoms. The van der Waals surface area contributed by atoms with Gasteiger partial charge in [-0.2, -0.15) is 0 Å². The van der Waals surface area contributed by atoms with Crippen LogP contribution in [-0.4, -0.2) is 19.9 Å². The van der Waals surface area contributed by atoms with Gasteiger partial charge in [0, 0.05) is 28.4 Å². The van der Waals surface area contributed by atoms with Crippen molar-refractivity contribution in [2.24, 2.45) is 5.92 Å². The second-order valence-corrected chi connectivity index (χ2v) is 9.15. The van der Waals surface area contributed by atoms with Gasteiger partial charge in [-0.05, 0) is 57.1 Å². The number of ketones is 1.